The van der Waals surface area contributed by atoms with Gasteiger partial charge in [-0.3, -0.25) is 0 Å². The van der Waals surface area contributed by atoms with E-state index in [4.69, 9.17) is 8.85 Å². The van der Waals surface area contributed by atoms with E-state index in [-0.39, 0.29) is 0 Å². The molecule has 0 aromatic rings. The van der Waals surface area contributed by atoms with Crippen molar-refractivity contribution in [2.24, 2.45) is 0 Å². The monoisotopic (exact) mass is 168 g/mol. The molecule has 0 unspecified atom stereocenters. The smallest absolute Gasteiger partial charge is 0.346 e. The van der Waals surface area contributed by atoms with Gasteiger partial charge in [-0.1, -0.05) is 24.3 Å². The molecule has 11 heavy (non-hydrogen) atoms. The Morgan fingerprint density at radius 1 is 0.818 bits per heavy atom. The van der Waals surface area contributed by atoms with Crippen molar-refractivity contribution in [1.29, 1.82) is 0 Å². The number of allylic oxidation sites excluding steroid dienone is 2. The molecule has 0 N–H and O–H groups in total. The molecule has 60 valence electrons. The number of hydrogen-bond acceptors (Lipinski definition) is 2. The molecule has 0 saturated heterocycles. The molecule has 2 rings (SSSR count). The molecule has 0 radical (unpaired) electrons. The van der Waals surface area contributed by atoms with Gasteiger partial charge in [-0.25, -0.2) is 0 Å². The maximum atomic E-state index is 5.72. The zero-order valence-electron chi connectivity index (χ0n) is 6.45. The minimum Gasteiger partial charge on any atom is -0.390 e. The van der Waals surface area contributed by atoms with E-state index in [1.807, 2.05) is 12.2 Å². The molecule has 0 atom stereocenters. The average Bonchev–Trinajstić information content (AvgIpc) is 2.32. The molecule has 2 heterocycles. The maximum absolute atomic E-state index is 5.72. The molecule has 2 aliphatic rings. The van der Waals surface area contributed by atoms with Crippen LogP contribution in [0.1, 0.15) is 0 Å². The van der Waals surface area contributed by atoms with Crippen LogP contribution in [0.25, 0.3) is 0 Å². The zero-order chi connectivity index (χ0) is 7.57. The minimum absolute atomic E-state index is 0.744. The van der Waals surface area contributed by atoms with Gasteiger partial charge in [0.05, 0.1) is 13.2 Å². The highest BCUT2D eigenvalue weighted by atomic mass is 28.4. The van der Waals surface area contributed by atoms with Gasteiger partial charge in [0.2, 0.25) is 0 Å². The Kier molecular flexibility index (Phi) is 1.94. The standard InChI is InChI=1S/C8H12O2Si/c1-2-6-10-11(9-5-1)7-3-4-8-11/h1-4H,5-8H2. The third kappa shape index (κ3) is 1.45. The van der Waals surface area contributed by atoms with Crippen LogP contribution < -0.4 is 0 Å². The van der Waals surface area contributed by atoms with Crippen molar-refractivity contribution in [1.82, 2.24) is 0 Å². The Labute approximate surface area is 67.8 Å². The van der Waals surface area contributed by atoms with Crippen LogP contribution in [0.5, 0.6) is 0 Å². The second-order valence-corrected chi connectivity index (χ2v) is 6.10. The van der Waals surface area contributed by atoms with Gasteiger partial charge in [0.15, 0.2) is 0 Å². The molecular formula is C8H12O2Si. The summed E-state index contributed by atoms with van der Waals surface area (Å²) in [5, 5.41) is 0. The Morgan fingerprint density at radius 3 is 1.91 bits per heavy atom. The van der Waals surface area contributed by atoms with Crippen LogP contribution in [0.4, 0.5) is 0 Å². The first kappa shape index (κ1) is 7.28. The maximum Gasteiger partial charge on any atom is 0.346 e. The Bertz CT molecular complexity index is 178. The first-order valence-electron chi connectivity index (χ1n) is 3.99. The fourth-order valence-corrected chi connectivity index (χ4v) is 4.00. The van der Waals surface area contributed by atoms with Gasteiger partial charge in [-0.15, -0.1) is 0 Å². The highest BCUT2D eigenvalue weighted by Crippen LogP contribution is 2.27. The van der Waals surface area contributed by atoms with Crippen LogP contribution in [0.2, 0.25) is 12.1 Å². The van der Waals surface area contributed by atoms with Crippen LogP contribution in [0.15, 0.2) is 24.3 Å². The lowest BCUT2D eigenvalue weighted by molar-refractivity contribution is 0.218. The number of hydrogen-bond donors (Lipinski definition) is 0. The fourth-order valence-electron chi connectivity index (χ4n) is 1.42. The molecule has 0 amide bonds. The van der Waals surface area contributed by atoms with Gasteiger partial charge in [0, 0.05) is 12.1 Å². The summed E-state index contributed by atoms with van der Waals surface area (Å²) in [6, 6.07) is 2.07. The minimum atomic E-state index is -1.74. The van der Waals surface area contributed by atoms with E-state index in [9.17, 15) is 0 Å². The van der Waals surface area contributed by atoms with Crippen molar-refractivity contribution in [3.05, 3.63) is 24.3 Å². The number of rotatable bonds is 0. The van der Waals surface area contributed by atoms with Gasteiger partial charge >= 0.3 is 8.56 Å². The zero-order valence-corrected chi connectivity index (χ0v) is 7.45. The Balaban J connectivity index is 2.03. The van der Waals surface area contributed by atoms with Crippen molar-refractivity contribution in [3.63, 3.8) is 0 Å². The summed E-state index contributed by atoms with van der Waals surface area (Å²) in [5.74, 6) is 0. The Morgan fingerprint density at radius 2 is 1.36 bits per heavy atom. The van der Waals surface area contributed by atoms with E-state index in [2.05, 4.69) is 12.2 Å². The van der Waals surface area contributed by atoms with Crippen molar-refractivity contribution < 1.29 is 8.85 Å². The molecule has 0 fully saturated rings. The quantitative estimate of drug-likeness (QED) is 0.404. The molecule has 0 aromatic carbocycles. The molecule has 1 spiro atoms. The summed E-state index contributed by atoms with van der Waals surface area (Å²) in [6.07, 6.45) is 8.44. The second-order valence-electron chi connectivity index (χ2n) is 2.88. The molecule has 0 aromatic heterocycles. The predicted molar refractivity (Wildman–Crippen MR) is 45.6 cm³/mol. The summed E-state index contributed by atoms with van der Waals surface area (Å²) in [4.78, 5) is 0. The van der Waals surface area contributed by atoms with E-state index < -0.39 is 8.56 Å². The van der Waals surface area contributed by atoms with Crippen LogP contribution in [0.3, 0.4) is 0 Å². The summed E-state index contributed by atoms with van der Waals surface area (Å²) in [5.41, 5.74) is 0. The normalized spacial score (nSPS) is 27.6. The lowest BCUT2D eigenvalue weighted by atomic mass is 10.5. The lowest BCUT2D eigenvalue weighted by Crippen LogP contribution is -2.38. The fraction of sp³-hybridized carbons (Fsp3) is 0.500. The molecule has 0 saturated carbocycles. The van der Waals surface area contributed by atoms with E-state index in [1.54, 1.807) is 0 Å². The largest absolute Gasteiger partial charge is 0.390 e. The van der Waals surface area contributed by atoms with E-state index in [0.29, 0.717) is 0 Å². The second kappa shape index (κ2) is 2.93. The van der Waals surface area contributed by atoms with Gasteiger partial charge in [-0.05, 0) is 0 Å². The molecule has 2 aliphatic heterocycles. The Hall–Kier alpha value is -0.383. The van der Waals surface area contributed by atoms with Gasteiger partial charge < -0.3 is 8.85 Å². The molecular weight excluding hydrogens is 156 g/mol. The third-order valence-electron chi connectivity index (χ3n) is 2.08. The van der Waals surface area contributed by atoms with Gasteiger partial charge in [0.1, 0.15) is 0 Å². The molecule has 3 heteroatoms. The van der Waals surface area contributed by atoms with Crippen molar-refractivity contribution in [2.45, 2.75) is 12.1 Å². The molecule has 2 nitrogen and oxygen atoms in total. The summed E-state index contributed by atoms with van der Waals surface area (Å²) in [6.45, 7) is 1.49. The predicted octanol–water partition coefficient (Wildman–Crippen LogP) is 1.60. The van der Waals surface area contributed by atoms with E-state index in [0.717, 1.165) is 25.3 Å². The van der Waals surface area contributed by atoms with Crippen LogP contribution >= 0.6 is 0 Å². The van der Waals surface area contributed by atoms with Crippen LogP contribution in [0, 0.1) is 0 Å². The first-order chi connectivity index (χ1) is 5.41. The van der Waals surface area contributed by atoms with Crippen LogP contribution in [-0.2, 0) is 8.85 Å². The van der Waals surface area contributed by atoms with Crippen molar-refractivity contribution >= 4 is 8.56 Å². The SMILES string of the molecule is C1=CCO[Si]2(CC=CC2)OC1. The van der Waals surface area contributed by atoms with E-state index >= 15 is 0 Å². The topological polar surface area (TPSA) is 18.5 Å². The molecule has 0 aliphatic carbocycles. The first-order valence-corrected chi connectivity index (χ1v) is 6.22. The lowest BCUT2D eigenvalue weighted by Gasteiger charge is -2.23. The van der Waals surface area contributed by atoms with Gasteiger partial charge in [0.25, 0.3) is 0 Å². The summed E-state index contributed by atoms with van der Waals surface area (Å²) < 4.78 is 11.4. The van der Waals surface area contributed by atoms with Crippen molar-refractivity contribution in [2.75, 3.05) is 13.2 Å². The third-order valence-corrected chi connectivity index (χ3v) is 5.18. The summed E-state index contributed by atoms with van der Waals surface area (Å²) >= 11 is 0. The van der Waals surface area contributed by atoms with E-state index in [1.165, 1.54) is 0 Å². The summed E-state index contributed by atoms with van der Waals surface area (Å²) in [7, 11) is -1.74. The molecule has 0 bridgehead atoms. The van der Waals surface area contributed by atoms with Crippen molar-refractivity contribution in [3.8, 4) is 0 Å². The highest BCUT2D eigenvalue weighted by Gasteiger charge is 2.38. The highest BCUT2D eigenvalue weighted by molar-refractivity contribution is 6.69. The van der Waals surface area contributed by atoms with Gasteiger partial charge in [-0.2, -0.15) is 0 Å². The van der Waals surface area contributed by atoms with Crippen LogP contribution in [-0.4, -0.2) is 21.8 Å². The average molecular weight is 168 g/mol.